The first-order valence-electron chi connectivity index (χ1n) is 10.8. The molecular formula is C23H29Cl2N7O3. The van der Waals surface area contributed by atoms with Crippen LogP contribution in [-0.2, 0) is 29.1 Å². The fraction of sp³-hybridized carbons (Fsp3) is 0.304. The molecule has 188 valence electrons. The summed E-state index contributed by atoms with van der Waals surface area (Å²) in [6.45, 7) is 0.716. The number of hydrogen-bond donors (Lipinski definition) is 6. The van der Waals surface area contributed by atoms with E-state index in [1.54, 1.807) is 42.5 Å². The molecule has 2 rings (SSSR count). The molecule has 12 heteroatoms. The molecule has 0 aliphatic carbocycles. The average molecular weight is 522 g/mol. The van der Waals surface area contributed by atoms with Gasteiger partial charge in [0.05, 0.1) is 6.42 Å². The van der Waals surface area contributed by atoms with Gasteiger partial charge in [0.2, 0.25) is 11.8 Å². The van der Waals surface area contributed by atoms with Gasteiger partial charge in [-0.05, 0) is 41.7 Å². The monoisotopic (exact) mass is 521 g/mol. The quantitative estimate of drug-likeness (QED) is 0.141. The molecule has 0 aromatic heterocycles. The average Bonchev–Trinajstić information content (AvgIpc) is 2.79. The van der Waals surface area contributed by atoms with E-state index < -0.39 is 18.0 Å². The molecule has 2 aromatic carbocycles. The summed E-state index contributed by atoms with van der Waals surface area (Å²) < 4.78 is 0. The van der Waals surface area contributed by atoms with Crippen LogP contribution in [0.5, 0.6) is 0 Å². The Morgan fingerprint density at radius 2 is 1.54 bits per heavy atom. The van der Waals surface area contributed by atoms with Crippen LogP contribution in [0.4, 0.5) is 4.79 Å². The lowest BCUT2D eigenvalue weighted by Crippen LogP contribution is -2.48. The second-order valence-corrected chi connectivity index (χ2v) is 8.65. The van der Waals surface area contributed by atoms with Gasteiger partial charge >= 0.3 is 6.03 Å². The van der Waals surface area contributed by atoms with Crippen LogP contribution in [0, 0.1) is 5.41 Å². The molecule has 0 saturated carbocycles. The summed E-state index contributed by atoms with van der Waals surface area (Å²) in [5.74, 6) is -1.22. The Morgan fingerprint density at radius 3 is 2.09 bits per heavy atom. The standard InChI is InChI=1S/C23H29Cl2N7O3/c24-17-3-1-4-18(25)16(17)11-20(33)32(19(21(26)34)5-2-10-30-22(27)28)13-15-8-6-14(7-9-15)12-31-23(29)35/h1,3-4,6-9,19H,2,5,10-13H2,(H2,26,34)(H4,27,28,30)(H3,29,31,35)/t19-/m1/s1. The van der Waals surface area contributed by atoms with Crippen LogP contribution < -0.4 is 27.8 Å². The molecule has 0 fully saturated rings. The van der Waals surface area contributed by atoms with Crippen molar-refractivity contribution in [2.24, 2.45) is 17.2 Å². The van der Waals surface area contributed by atoms with Crippen molar-refractivity contribution in [3.8, 4) is 0 Å². The Hall–Kier alpha value is -3.50. The van der Waals surface area contributed by atoms with E-state index in [0.29, 0.717) is 28.6 Å². The van der Waals surface area contributed by atoms with Crippen molar-refractivity contribution in [1.29, 1.82) is 5.41 Å². The van der Waals surface area contributed by atoms with Crippen LogP contribution in [0.3, 0.4) is 0 Å². The Kier molecular flexibility index (Phi) is 10.6. The first-order valence-corrected chi connectivity index (χ1v) is 11.5. The van der Waals surface area contributed by atoms with Gasteiger partial charge in [-0.2, -0.15) is 0 Å². The highest BCUT2D eigenvalue weighted by atomic mass is 35.5. The molecule has 4 amide bonds. The second kappa shape index (κ2) is 13.4. The number of nitrogens with zero attached hydrogens (tertiary/aromatic N) is 1. The third-order valence-corrected chi connectivity index (χ3v) is 5.94. The number of benzene rings is 2. The van der Waals surface area contributed by atoms with Crippen LogP contribution in [0.15, 0.2) is 42.5 Å². The van der Waals surface area contributed by atoms with Gasteiger partial charge in [-0.15, -0.1) is 0 Å². The van der Waals surface area contributed by atoms with Crippen LogP contribution >= 0.6 is 23.2 Å². The van der Waals surface area contributed by atoms with Crippen molar-refractivity contribution < 1.29 is 14.4 Å². The highest BCUT2D eigenvalue weighted by molar-refractivity contribution is 6.36. The number of guanidine groups is 1. The van der Waals surface area contributed by atoms with Gasteiger partial charge in [-0.25, -0.2) is 4.79 Å². The largest absolute Gasteiger partial charge is 0.370 e. The Balaban J connectivity index is 2.27. The normalized spacial score (nSPS) is 11.4. The lowest BCUT2D eigenvalue weighted by molar-refractivity contribution is -0.139. The van der Waals surface area contributed by atoms with Gasteiger partial charge in [0.15, 0.2) is 5.96 Å². The summed E-state index contributed by atoms with van der Waals surface area (Å²) in [7, 11) is 0. The molecule has 0 bridgehead atoms. The minimum absolute atomic E-state index is 0.109. The van der Waals surface area contributed by atoms with Crippen molar-refractivity contribution in [2.45, 2.75) is 38.4 Å². The number of primary amides is 2. The molecule has 0 radical (unpaired) electrons. The summed E-state index contributed by atoms with van der Waals surface area (Å²) in [4.78, 5) is 38.1. The van der Waals surface area contributed by atoms with Gasteiger partial charge < -0.3 is 32.7 Å². The molecule has 10 nitrogen and oxygen atoms in total. The Morgan fingerprint density at radius 1 is 0.943 bits per heavy atom. The second-order valence-electron chi connectivity index (χ2n) is 7.83. The van der Waals surface area contributed by atoms with E-state index >= 15 is 0 Å². The zero-order valence-electron chi connectivity index (χ0n) is 19.0. The molecular weight excluding hydrogens is 493 g/mol. The first kappa shape index (κ1) is 27.7. The minimum atomic E-state index is -0.909. The Labute approximate surface area is 213 Å². The maximum atomic E-state index is 13.4. The summed E-state index contributed by atoms with van der Waals surface area (Å²) in [6, 6.07) is 10.6. The Bertz CT molecular complexity index is 1040. The van der Waals surface area contributed by atoms with E-state index in [2.05, 4.69) is 10.6 Å². The smallest absolute Gasteiger partial charge is 0.312 e. The predicted molar refractivity (Wildman–Crippen MR) is 136 cm³/mol. The van der Waals surface area contributed by atoms with Crippen LogP contribution in [0.2, 0.25) is 10.0 Å². The van der Waals surface area contributed by atoms with Crippen molar-refractivity contribution in [3.63, 3.8) is 0 Å². The topological polar surface area (TPSA) is 180 Å². The third-order valence-electron chi connectivity index (χ3n) is 5.23. The number of carbonyl (C=O) groups excluding carboxylic acids is 3. The molecule has 1 atom stereocenters. The highest BCUT2D eigenvalue weighted by Crippen LogP contribution is 2.26. The lowest BCUT2D eigenvalue weighted by atomic mass is 10.0. The van der Waals surface area contributed by atoms with Crippen LogP contribution in [0.1, 0.15) is 29.5 Å². The molecule has 0 aliphatic heterocycles. The number of nitrogens with one attached hydrogen (secondary N) is 3. The number of rotatable bonds is 12. The molecule has 0 spiro atoms. The fourth-order valence-electron chi connectivity index (χ4n) is 3.44. The zero-order chi connectivity index (χ0) is 26.0. The van der Waals surface area contributed by atoms with Crippen molar-refractivity contribution in [2.75, 3.05) is 6.54 Å². The third kappa shape index (κ3) is 8.99. The summed E-state index contributed by atoms with van der Waals surface area (Å²) >= 11 is 12.5. The molecule has 9 N–H and O–H groups in total. The number of nitrogens with two attached hydrogens (primary N) is 3. The molecule has 35 heavy (non-hydrogen) atoms. The van der Waals surface area contributed by atoms with Crippen molar-refractivity contribution >= 4 is 47.0 Å². The fourth-order valence-corrected chi connectivity index (χ4v) is 3.98. The maximum absolute atomic E-state index is 13.4. The first-order chi connectivity index (χ1) is 16.6. The van der Waals surface area contributed by atoms with Gasteiger partial charge in [0.25, 0.3) is 0 Å². The van der Waals surface area contributed by atoms with Gasteiger partial charge in [-0.3, -0.25) is 15.0 Å². The summed E-state index contributed by atoms with van der Waals surface area (Å²) in [6.07, 6.45) is 0.592. The van der Waals surface area contributed by atoms with Gasteiger partial charge in [0.1, 0.15) is 6.04 Å². The van der Waals surface area contributed by atoms with Crippen molar-refractivity contribution in [3.05, 3.63) is 69.2 Å². The molecule has 0 unspecified atom stereocenters. The number of halogens is 2. The van der Waals surface area contributed by atoms with Crippen LogP contribution in [-0.4, -0.2) is 41.3 Å². The van der Waals surface area contributed by atoms with E-state index in [1.165, 1.54) is 4.90 Å². The van der Waals surface area contributed by atoms with E-state index in [-0.39, 0.29) is 37.8 Å². The highest BCUT2D eigenvalue weighted by Gasteiger charge is 2.29. The van der Waals surface area contributed by atoms with Crippen LogP contribution in [0.25, 0.3) is 0 Å². The molecule has 0 saturated heterocycles. The van der Waals surface area contributed by atoms with E-state index in [9.17, 15) is 14.4 Å². The predicted octanol–water partition coefficient (Wildman–Crippen LogP) is 1.85. The maximum Gasteiger partial charge on any atom is 0.312 e. The number of amides is 4. The van der Waals surface area contributed by atoms with Gasteiger partial charge in [-0.1, -0.05) is 53.5 Å². The number of carbonyl (C=O) groups is 3. The molecule has 2 aromatic rings. The number of urea groups is 1. The molecule has 0 heterocycles. The SMILES string of the molecule is N=C(N)NCCC[C@H](C(N)=O)N(Cc1ccc(CNC(N)=O)cc1)C(=O)Cc1c(Cl)cccc1Cl. The van der Waals surface area contributed by atoms with E-state index in [1.807, 2.05) is 0 Å². The van der Waals surface area contributed by atoms with Crippen molar-refractivity contribution in [1.82, 2.24) is 15.5 Å². The summed E-state index contributed by atoms with van der Waals surface area (Å²) in [5, 5.41) is 13.1. The van der Waals surface area contributed by atoms with E-state index in [0.717, 1.165) is 11.1 Å². The summed E-state index contributed by atoms with van der Waals surface area (Å²) in [5.41, 5.74) is 18.1. The number of hydrogen-bond acceptors (Lipinski definition) is 4. The molecule has 0 aliphatic rings. The lowest BCUT2D eigenvalue weighted by Gasteiger charge is -2.30. The van der Waals surface area contributed by atoms with Gasteiger partial charge in [0, 0.05) is 29.7 Å². The van der Waals surface area contributed by atoms with E-state index in [4.69, 9.17) is 45.8 Å². The zero-order valence-corrected chi connectivity index (χ0v) is 20.5. The minimum Gasteiger partial charge on any atom is -0.370 e.